The molecule has 3 rings (SSSR count). The topological polar surface area (TPSA) is 101 Å². The van der Waals surface area contributed by atoms with Crippen LogP contribution in [0.2, 0.25) is 0 Å². The van der Waals surface area contributed by atoms with Crippen molar-refractivity contribution >= 4 is 57.3 Å². The molecular formula is C17H11IN2O5S. The zero-order valence-corrected chi connectivity index (χ0v) is 16.1. The van der Waals surface area contributed by atoms with E-state index in [-0.39, 0.29) is 11.4 Å². The van der Waals surface area contributed by atoms with Gasteiger partial charge in [-0.2, -0.15) is 0 Å². The minimum atomic E-state index is -0.713. The van der Waals surface area contributed by atoms with E-state index in [1.165, 1.54) is 18.2 Å². The molecule has 1 fully saturated rings. The summed E-state index contributed by atoms with van der Waals surface area (Å²) in [6, 6.07) is 11.2. The Hall–Kier alpha value is -2.40. The maximum Gasteiger partial charge on any atom is 0.311 e. The summed E-state index contributed by atoms with van der Waals surface area (Å²) in [5.41, 5.74) is 0.723. The number of benzene rings is 2. The predicted molar refractivity (Wildman–Crippen MR) is 105 cm³/mol. The van der Waals surface area contributed by atoms with Crippen LogP contribution in [0.1, 0.15) is 11.1 Å². The number of phenolic OH excluding ortho intramolecular Hbond substituents is 1. The molecule has 0 atom stereocenters. The van der Waals surface area contributed by atoms with Crippen molar-refractivity contribution in [3.8, 4) is 5.75 Å². The number of imide groups is 1. The third-order valence-corrected chi connectivity index (χ3v) is 5.25. The van der Waals surface area contributed by atoms with Crippen molar-refractivity contribution in [2.75, 3.05) is 0 Å². The zero-order valence-electron chi connectivity index (χ0n) is 13.1. The minimum Gasteiger partial charge on any atom is -0.502 e. The molecule has 0 spiro atoms. The zero-order chi connectivity index (χ0) is 18.8. The Morgan fingerprint density at radius 3 is 2.54 bits per heavy atom. The van der Waals surface area contributed by atoms with Gasteiger partial charge in [0.25, 0.3) is 11.1 Å². The summed E-state index contributed by atoms with van der Waals surface area (Å²) in [4.78, 5) is 36.2. The van der Waals surface area contributed by atoms with Crippen molar-refractivity contribution < 1.29 is 19.6 Å². The number of nitro benzene ring substituents is 1. The highest BCUT2D eigenvalue weighted by molar-refractivity contribution is 14.1. The molecule has 2 amide bonds. The summed E-state index contributed by atoms with van der Waals surface area (Å²) < 4.78 is 1.05. The van der Waals surface area contributed by atoms with Gasteiger partial charge in [0.05, 0.1) is 16.4 Å². The lowest BCUT2D eigenvalue weighted by Crippen LogP contribution is -2.27. The Bertz CT molecular complexity index is 943. The molecule has 0 unspecified atom stereocenters. The Morgan fingerprint density at radius 1 is 1.19 bits per heavy atom. The number of rotatable bonds is 4. The third kappa shape index (κ3) is 3.88. The molecule has 1 heterocycles. The van der Waals surface area contributed by atoms with Gasteiger partial charge in [-0.25, -0.2) is 0 Å². The van der Waals surface area contributed by atoms with Crippen molar-refractivity contribution in [2.45, 2.75) is 6.54 Å². The maximum atomic E-state index is 12.5. The quantitative estimate of drug-likeness (QED) is 0.304. The normalized spacial score (nSPS) is 15.7. The number of carbonyl (C=O) groups excluding carboxylic acids is 2. The molecule has 1 aliphatic rings. The molecule has 132 valence electrons. The Balaban J connectivity index is 1.84. The number of phenols is 1. The Morgan fingerprint density at radius 2 is 1.88 bits per heavy atom. The number of halogens is 1. The van der Waals surface area contributed by atoms with Crippen molar-refractivity contribution in [3.05, 3.63) is 72.2 Å². The summed E-state index contributed by atoms with van der Waals surface area (Å²) in [6.07, 6.45) is 1.41. The van der Waals surface area contributed by atoms with E-state index in [2.05, 4.69) is 22.6 Å². The first-order valence-electron chi connectivity index (χ1n) is 7.32. The second-order valence-corrected chi connectivity index (χ2v) is 7.64. The standard InChI is InChI=1S/C17H11IN2O5S/c18-12-4-1-10(2-5-12)9-19-16(22)15(26-17(19)23)8-11-3-6-14(21)13(7-11)20(24)25/h1-8,21H,9H2/b15-8-. The molecule has 0 aliphatic carbocycles. The molecule has 9 heteroatoms. The molecule has 0 bridgehead atoms. The summed E-state index contributed by atoms with van der Waals surface area (Å²) in [6.45, 7) is 0.161. The van der Waals surface area contributed by atoms with Crippen LogP contribution in [0.15, 0.2) is 47.4 Å². The van der Waals surface area contributed by atoms with Gasteiger partial charge in [0.1, 0.15) is 0 Å². The summed E-state index contributed by atoms with van der Waals surface area (Å²) in [5.74, 6) is -0.909. The Kier molecular flexibility index (Phi) is 5.28. The summed E-state index contributed by atoms with van der Waals surface area (Å²) >= 11 is 2.95. The third-order valence-electron chi connectivity index (χ3n) is 3.62. The fourth-order valence-electron chi connectivity index (χ4n) is 2.34. The number of aromatic hydroxyl groups is 1. The number of carbonyl (C=O) groups is 2. The molecule has 2 aromatic carbocycles. The van der Waals surface area contributed by atoms with E-state index in [1.54, 1.807) is 0 Å². The van der Waals surface area contributed by atoms with Crippen molar-refractivity contribution in [2.24, 2.45) is 0 Å². The lowest BCUT2D eigenvalue weighted by Gasteiger charge is -2.12. The molecule has 1 N–H and O–H groups in total. The van der Waals surface area contributed by atoms with E-state index >= 15 is 0 Å². The predicted octanol–water partition coefficient (Wildman–Crippen LogP) is 4.14. The van der Waals surface area contributed by atoms with Crippen LogP contribution in [0, 0.1) is 13.7 Å². The highest BCUT2D eigenvalue weighted by atomic mass is 127. The van der Waals surface area contributed by atoms with E-state index in [9.17, 15) is 24.8 Å². The summed E-state index contributed by atoms with van der Waals surface area (Å²) in [5, 5.41) is 20.0. The number of hydrogen-bond donors (Lipinski definition) is 1. The first kappa shape index (κ1) is 18.4. The van der Waals surface area contributed by atoms with Gasteiger partial charge in [0.2, 0.25) is 0 Å². The number of nitro groups is 1. The fourth-order valence-corrected chi connectivity index (χ4v) is 3.53. The molecular weight excluding hydrogens is 471 g/mol. The number of amides is 2. The van der Waals surface area contributed by atoms with Crippen LogP contribution in [0.3, 0.4) is 0 Å². The second kappa shape index (κ2) is 7.46. The van der Waals surface area contributed by atoms with Gasteiger partial charge in [0.15, 0.2) is 5.75 Å². The highest BCUT2D eigenvalue weighted by Crippen LogP contribution is 2.34. The van der Waals surface area contributed by atoms with Crippen molar-refractivity contribution in [1.82, 2.24) is 4.90 Å². The van der Waals surface area contributed by atoms with Gasteiger partial charge in [-0.05, 0) is 69.8 Å². The molecule has 1 saturated heterocycles. The van der Waals surface area contributed by atoms with E-state index in [4.69, 9.17) is 0 Å². The molecule has 1 aliphatic heterocycles. The largest absolute Gasteiger partial charge is 0.502 e. The van der Waals surface area contributed by atoms with Gasteiger partial charge in [-0.1, -0.05) is 18.2 Å². The minimum absolute atomic E-state index is 0.161. The van der Waals surface area contributed by atoms with Gasteiger partial charge >= 0.3 is 5.69 Å². The smallest absolute Gasteiger partial charge is 0.311 e. The van der Waals surface area contributed by atoms with Gasteiger partial charge in [0, 0.05) is 9.64 Å². The van der Waals surface area contributed by atoms with Crippen LogP contribution in [-0.4, -0.2) is 26.1 Å². The molecule has 0 aromatic heterocycles. The molecule has 7 nitrogen and oxygen atoms in total. The first-order valence-corrected chi connectivity index (χ1v) is 9.22. The number of hydrogen-bond acceptors (Lipinski definition) is 6. The van der Waals surface area contributed by atoms with E-state index in [0.29, 0.717) is 5.56 Å². The first-order chi connectivity index (χ1) is 12.3. The van der Waals surface area contributed by atoms with Crippen LogP contribution in [0.25, 0.3) is 6.08 Å². The summed E-state index contributed by atoms with van der Waals surface area (Å²) in [7, 11) is 0. The average molecular weight is 482 g/mol. The van der Waals surface area contributed by atoms with Crippen LogP contribution in [0.4, 0.5) is 10.5 Å². The van der Waals surface area contributed by atoms with Crippen molar-refractivity contribution in [3.63, 3.8) is 0 Å². The van der Waals surface area contributed by atoms with Gasteiger partial charge in [-0.3, -0.25) is 24.6 Å². The van der Waals surface area contributed by atoms with Crippen LogP contribution < -0.4 is 0 Å². The van der Waals surface area contributed by atoms with E-state index in [0.717, 1.165) is 31.9 Å². The lowest BCUT2D eigenvalue weighted by atomic mass is 10.1. The number of thioether (sulfide) groups is 1. The molecule has 26 heavy (non-hydrogen) atoms. The number of nitrogens with zero attached hydrogens (tertiary/aromatic N) is 2. The highest BCUT2D eigenvalue weighted by Gasteiger charge is 2.35. The lowest BCUT2D eigenvalue weighted by molar-refractivity contribution is -0.385. The van der Waals surface area contributed by atoms with Crippen LogP contribution in [0.5, 0.6) is 5.75 Å². The van der Waals surface area contributed by atoms with Crippen LogP contribution in [-0.2, 0) is 11.3 Å². The second-order valence-electron chi connectivity index (χ2n) is 5.40. The van der Waals surface area contributed by atoms with Gasteiger partial charge < -0.3 is 5.11 Å². The van der Waals surface area contributed by atoms with Crippen molar-refractivity contribution in [1.29, 1.82) is 0 Å². The molecule has 2 aromatic rings. The fraction of sp³-hybridized carbons (Fsp3) is 0.0588. The monoisotopic (exact) mass is 482 g/mol. The van der Waals surface area contributed by atoms with Gasteiger partial charge in [-0.15, -0.1) is 0 Å². The Labute approximate surface area is 166 Å². The van der Waals surface area contributed by atoms with E-state index in [1.807, 2.05) is 24.3 Å². The average Bonchev–Trinajstić information content (AvgIpc) is 2.85. The SMILES string of the molecule is O=C1S/C(=C\c2ccc(O)c([N+](=O)[O-])c2)C(=O)N1Cc1ccc(I)cc1. The molecule has 0 saturated carbocycles. The molecule has 0 radical (unpaired) electrons. The van der Waals surface area contributed by atoms with E-state index < -0.39 is 27.5 Å². The van der Waals surface area contributed by atoms with Crippen LogP contribution >= 0.6 is 34.4 Å². The maximum absolute atomic E-state index is 12.5.